The van der Waals surface area contributed by atoms with Crippen LogP contribution in [-0.4, -0.2) is 49.7 Å². The smallest absolute Gasteiger partial charge is 0.321 e. The highest BCUT2D eigenvalue weighted by Gasteiger charge is 2.37. The molecular formula is C11H14N4O6S2. The van der Waals surface area contributed by atoms with Crippen molar-refractivity contribution in [3.05, 3.63) is 11.1 Å². The highest BCUT2D eigenvalue weighted by atomic mass is 32.2. The summed E-state index contributed by atoms with van der Waals surface area (Å²) in [6.45, 7) is 1.58. The van der Waals surface area contributed by atoms with Gasteiger partial charge in [-0.3, -0.25) is 19.6 Å². The van der Waals surface area contributed by atoms with Crippen molar-refractivity contribution >= 4 is 44.4 Å². The number of aromatic nitrogens is 1. The average Bonchev–Trinajstić information content (AvgIpc) is 2.84. The van der Waals surface area contributed by atoms with Crippen molar-refractivity contribution in [1.29, 1.82) is 0 Å². The van der Waals surface area contributed by atoms with Crippen LogP contribution in [0.5, 0.6) is 0 Å². The minimum absolute atomic E-state index is 0.0222. The van der Waals surface area contributed by atoms with Crippen LogP contribution in [0, 0.1) is 0 Å². The number of imide groups is 1. The lowest BCUT2D eigenvalue weighted by atomic mass is 10.3. The van der Waals surface area contributed by atoms with E-state index in [1.54, 1.807) is 6.92 Å². The molecule has 126 valence electrons. The van der Waals surface area contributed by atoms with Crippen LogP contribution in [0.1, 0.15) is 12.6 Å². The number of sulfonamides is 1. The van der Waals surface area contributed by atoms with E-state index in [1.807, 2.05) is 5.32 Å². The molecule has 3 N–H and O–H groups in total. The molecule has 1 saturated heterocycles. The van der Waals surface area contributed by atoms with Crippen LogP contribution in [0.4, 0.5) is 9.93 Å². The second-order valence-electron chi connectivity index (χ2n) is 4.46. The number of rotatable bonds is 6. The van der Waals surface area contributed by atoms with Gasteiger partial charge < -0.3 is 10.1 Å². The maximum atomic E-state index is 12.2. The van der Waals surface area contributed by atoms with Crippen molar-refractivity contribution < 1.29 is 27.5 Å². The molecule has 1 aromatic heterocycles. The summed E-state index contributed by atoms with van der Waals surface area (Å²) in [5.41, 5.74) is 0.354. The molecule has 1 aliphatic heterocycles. The third kappa shape index (κ3) is 4.39. The number of thiazole rings is 1. The topological polar surface area (TPSA) is 144 Å². The molecule has 0 bridgehead atoms. The van der Waals surface area contributed by atoms with Crippen LogP contribution in [-0.2, 0) is 30.8 Å². The minimum Gasteiger partial charge on any atom is -0.466 e. The van der Waals surface area contributed by atoms with Crippen LogP contribution in [0.3, 0.4) is 0 Å². The SMILES string of the molecule is CCOC(=O)Cc1csc(NS(=O)(=O)C2CNC(=O)NC2=O)n1. The third-order valence-corrected chi connectivity index (χ3v) is 5.31. The summed E-state index contributed by atoms with van der Waals surface area (Å²) in [4.78, 5) is 37.8. The van der Waals surface area contributed by atoms with Crippen molar-refractivity contribution in [2.75, 3.05) is 17.9 Å². The maximum absolute atomic E-state index is 12.2. The molecule has 1 atom stereocenters. The number of carbonyl (C=O) groups excluding carboxylic acids is 3. The third-order valence-electron chi connectivity index (χ3n) is 2.76. The van der Waals surface area contributed by atoms with Gasteiger partial charge in [0.25, 0.3) is 0 Å². The molecule has 23 heavy (non-hydrogen) atoms. The van der Waals surface area contributed by atoms with E-state index >= 15 is 0 Å². The first-order valence-electron chi connectivity index (χ1n) is 6.52. The Kier molecular flexibility index (Phi) is 5.15. The number of hydrogen-bond acceptors (Lipinski definition) is 8. The van der Waals surface area contributed by atoms with Gasteiger partial charge in [-0.15, -0.1) is 11.3 Å². The molecule has 10 nitrogen and oxygen atoms in total. The normalized spacial score (nSPS) is 18.0. The number of nitrogens with one attached hydrogen (secondary N) is 3. The summed E-state index contributed by atoms with van der Waals surface area (Å²) in [7, 11) is -4.08. The molecule has 3 amide bonds. The Labute approximate surface area is 135 Å². The van der Waals surface area contributed by atoms with Crippen LogP contribution in [0.25, 0.3) is 0 Å². The van der Waals surface area contributed by atoms with Crippen LogP contribution in [0.15, 0.2) is 5.38 Å². The summed E-state index contributed by atoms with van der Waals surface area (Å²) >= 11 is 0.974. The van der Waals surface area contributed by atoms with E-state index in [2.05, 4.69) is 15.0 Å². The fraction of sp³-hybridized carbons (Fsp3) is 0.455. The molecule has 12 heteroatoms. The van der Waals surface area contributed by atoms with Crippen LogP contribution < -0.4 is 15.4 Å². The van der Waals surface area contributed by atoms with Crippen molar-refractivity contribution in [2.45, 2.75) is 18.6 Å². The molecule has 0 spiro atoms. The summed E-state index contributed by atoms with van der Waals surface area (Å²) in [5, 5.41) is 4.18. The number of urea groups is 1. The predicted octanol–water partition coefficient (Wildman–Crippen LogP) is -0.802. The first-order valence-corrected chi connectivity index (χ1v) is 8.94. The van der Waals surface area contributed by atoms with Gasteiger partial charge in [0.05, 0.1) is 18.7 Å². The summed E-state index contributed by atoms with van der Waals surface area (Å²) < 4.78 is 31.3. The zero-order valence-electron chi connectivity index (χ0n) is 12.0. The van der Waals surface area contributed by atoms with E-state index in [0.29, 0.717) is 5.69 Å². The molecule has 1 aromatic rings. The molecule has 0 radical (unpaired) electrons. The number of amides is 3. The molecule has 0 saturated carbocycles. The monoisotopic (exact) mass is 362 g/mol. The molecular weight excluding hydrogens is 348 g/mol. The second-order valence-corrected chi connectivity index (χ2v) is 7.18. The van der Waals surface area contributed by atoms with E-state index in [1.165, 1.54) is 5.38 Å². The van der Waals surface area contributed by atoms with Gasteiger partial charge >= 0.3 is 12.0 Å². The summed E-state index contributed by atoms with van der Waals surface area (Å²) in [6.07, 6.45) is -0.0773. The Morgan fingerprint density at radius 2 is 2.26 bits per heavy atom. The Morgan fingerprint density at radius 1 is 1.52 bits per heavy atom. The zero-order chi connectivity index (χ0) is 17.0. The molecule has 1 aliphatic rings. The van der Waals surface area contributed by atoms with Crippen molar-refractivity contribution in [3.63, 3.8) is 0 Å². The van der Waals surface area contributed by atoms with Gasteiger partial charge in [0.15, 0.2) is 10.4 Å². The van der Waals surface area contributed by atoms with Crippen molar-refractivity contribution in [3.8, 4) is 0 Å². The summed E-state index contributed by atoms with van der Waals surface area (Å²) in [6, 6.07) is -0.743. The number of nitrogens with zero attached hydrogens (tertiary/aromatic N) is 1. The lowest BCUT2D eigenvalue weighted by Crippen LogP contribution is -2.58. The Balaban J connectivity index is 2.03. The fourth-order valence-electron chi connectivity index (χ4n) is 1.75. The number of anilines is 1. The molecule has 1 unspecified atom stereocenters. The van der Waals surface area contributed by atoms with Gasteiger partial charge in [0.2, 0.25) is 15.9 Å². The quantitative estimate of drug-likeness (QED) is 0.562. The van der Waals surface area contributed by atoms with E-state index in [9.17, 15) is 22.8 Å². The highest BCUT2D eigenvalue weighted by molar-refractivity contribution is 7.94. The largest absolute Gasteiger partial charge is 0.466 e. The predicted molar refractivity (Wildman–Crippen MR) is 80.3 cm³/mol. The van der Waals surface area contributed by atoms with Gasteiger partial charge in [-0.2, -0.15) is 0 Å². The molecule has 2 heterocycles. The van der Waals surface area contributed by atoms with Gasteiger partial charge in [-0.05, 0) is 6.92 Å². The first kappa shape index (κ1) is 17.1. The van der Waals surface area contributed by atoms with E-state index in [0.717, 1.165) is 11.3 Å². The van der Waals surface area contributed by atoms with E-state index in [4.69, 9.17) is 4.74 Å². The Bertz CT molecular complexity index is 729. The van der Waals surface area contributed by atoms with Gasteiger partial charge in [-0.1, -0.05) is 0 Å². The lowest BCUT2D eigenvalue weighted by molar-refractivity contribution is -0.142. The molecule has 1 fully saturated rings. The van der Waals surface area contributed by atoms with Crippen LogP contribution >= 0.6 is 11.3 Å². The maximum Gasteiger partial charge on any atom is 0.321 e. The summed E-state index contributed by atoms with van der Waals surface area (Å²) in [5.74, 6) is -1.38. The first-order chi connectivity index (χ1) is 10.8. The Morgan fingerprint density at radius 3 is 2.91 bits per heavy atom. The fourth-order valence-corrected chi connectivity index (χ4v) is 3.92. The number of ether oxygens (including phenoxy) is 1. The molecule has 0 aromatic carbocycles. The minimum atomic E-state index is -4.08. The van der Waals surface area contributed by atoms with Gasteiger partial charge in [0.1, 0.15) is 0 Å². The van der Waals surface area contributed by atoms with Gasteiger partial charge in [0, 0.05) is 11.9 Å². The molecule has 0 aliphatic carbocycles. The average molecular weight is 362 g/mol. The number of hydrogen-bond donors (Lipinski definition) is 3. The van der Waals surface area contributed by atoms with Gasteiger partial charge in [-0.25, -0.2) is 18.2 Å². The second kappa shape index (κ2) is 6.91. The standard InChI is InChI=1S/C11H14N4O6S2/c1-2-21-8(16)3-6-5-22-11(13-6)15-23(19,20)7-4-12-10(18)14-9(7)17/h5,7H,2-4H2,1H3,(H,13,15)(H2,12,14,17,18). The number of esters is 1. The lowest BCUT2D eigenvalue weighted by Gasteiger charge is -2.21. The van der Waals surface area contributed by atoms with Crippen molar-refractivity contribution in [2.24, 2.45) is 0 Å². The van der Waals surface area contributed by atoms with E-state index < -0.39 is 33.2 Å². The highest BCUT2D eigenvalue weighted by Crippen LogP contribution is 2.19. The Hall–Kier alpha value is -2.21. The van der Waals surface area contributed by atoms with Crippen molar-refractivity contribution in [1.82, 2.24) is 15.6 Å². The molecule has 2 rings (SSSR count). The van der Waals surface area contributed by atoms with E-state index in [-0.39, 0.29) is 24.7 Å². The number of carbonyl (C=O) groups is 3. The van der Waals surface area contributed by atoms with Crippen LogP contribution in [0.2, 0.25) is 0 Å². The zero-order valence-corrected chi connectivity index (χ0v) is 13.6.